The molecular formula is C22H29ClN4O2. The number of nitrogens with one attached hydrogen (secondary N) is 2. The van der Waals surface area contributed by atoms with E-state index in [2.05, 4.69) is 15.5 Å². The number of nitrogens with zero attached hydrogens (tertiary/aromatic N) is 2. The molecule has 0 spiro atoms. The molecular weight excluding hydrogens is 388 g/mol. The smallest absolute Gasteiger partial charge is 0.251 e. The summed E-state index contributed by atoms with van der Waals surface area (Å²) in [5.41, 5.74) is 0.631. The summed E-state index contributed by atoms with van der Waals surface area (Å²) in [6.07, 6.45) is 1.41. The van der Waals surface area contributed by atoms with Gasteiger partial charge < -0.3 is 15.5 Å². The zero-order chi connectivity index (χ0) is 19.3. The van der Waals surface area contributed by atoms with Gasteiger partial charge in [0.25, 0.3) is 5.91 Å². The third-order valence-corrected chi connectivity index (χ3v) is 5.82. The molecule has 6 nitrogen and oxygen atoms in total. The number of hydrogen-bond acceptors (Lipinski definition) is 4. The van der Waals surface area contributed by atoms with Crippen molar-refractivity contribution >= 4 is 35.0 Å². The van der Waals surface area contributed by atoms with Crippen LogP contribution in [0.4, 0.5) is 0 Å². The Morgan fingerprint density at radius 2 is 1.79 bits per heavy atom. The van der Waals surface area contributed by atoms with Crippen molar-refractivity contribution in [2.24, 2.45) is 0 Å². The third-order valence-electron chi connectivity index (χ3n) is 5.82. The first-order valence-corrected chi connectivity index (χ1v) is 10.2. The summed E-state index contributed by atoms with van der Waals surface area (Å²) >= 11 is 0. The molecule has 0 saturated carbocycles. The fourth-order valence-corrected chi connectivity index (χ4v) is 4.19. The van der Waals surface area contributed by atoms with Gasteiger partial charge in [0.05, 0.1) is 0 Å². The van der Waals surface area contributed by atoms with Crippen LogP contribution in [-0.2, 0) is 4.79 Å². The molecule has 1 unspecified atom stereocenters. The van der Waals surface area contributed by atoms with Crippen LogP contribution in [-0.4, -0.2) is 73.5 Å². The van der Waals surface area contributed by atoms with Gasteiger partial charge in [-0.2, -0.15) is 0 Å². The maximum absolute atomic E-state index is 12.5. The molecule has 0 bridgehead atoms. The van der Waals surface area contributed by atoms with Crippen molar-refractivity contribution in [3.63, 3.8) is 0 Å². The maximum atomic E-state index is 12.5. The number of piperazine rings is 1. The van der Waals surface area contributed by atoms with Crippen molar-refractivity contribution in [3.05, 3.63) is 48.0 Å². The highest BCUT2D eigenvalue weighted by Crippen LogP contribution is 2.17. The predicted molar refractivity (Wildman–Crippen MR) is 118 cm³/mol. The highest BCUT2D eigenvalue weighted by atomic mass is 35.5. The zero-order valence-electron chi connectivity index (χ0n) is 16.6. The number of rotatable bonds is 5. The summed E-state index contributed by atoms with van der Waals surface area (Å²) in [4.78, 5) is 29.4. The summed E-state index contributed by atoms with van der Waals surface area (Å²) in [6.45, 7) is 6.21. The topological polar surface area (TPSA) is 64.7 Å². The Balaban J connectivity index is 0.00000240. The van der Waals surface area contributed by atoms with Gasteiger partial charge in [-0.3, -0.25) is 14.5 Å². The lowest BCUT2D eigenvalue weighted by Gasteiger charge is -2.32. The Hall–Kier alpha value is -2.15. The molecule has 2 aromatic rings. The minimum absolute atomic E-state index is 0. The number of fused-ring (bicyclic) bond motifs is 1. The summed E-state index contributed by atoms with van der Waals surface area (Å²) < 4.78 is 0. The molecule has 2 fully saturated rings. The summed E-state index contributed by atoms with van der Waals surface area (Å²) in [7, 11) is 0. The minimum atomic E-state index is -0.126. The van der Waals surface area contributed by atoms with Crippen LogP contribution in [0.2, 0.25) is 0 Å². The van der Waals surface area contributed by atoms with Crippen LogP contribution >= 0.6 is 12.4 Å². The van der Waals surface area contributed by atoms with Gasteiger partial charge in [-0.15, -0.1) is 12.4 Å². The van der Waals surface area contributed by atoms with Crippen LogP contribution in [0.1, 0.15) is 23.2 Å². The van der Waals surface area contributed by atoms with E-state index in [1.807, 2.05) is 47.4 Å². The third kappa shape index (κ3) is 5.26. The lowest BCUT2D eigenvalue weighted by atomic mass is 10.1. The lowest BCUT2D eigenvalue weighted by molar-refractivity contribution is -0.130. The molecule has 2 saturated heterocycles. The van der Waals surface area contributed by atoms with E-state index in [0.717, 1.165) is 56.5 Å². The minimum Gasteiger partial charge on any atom is -0.352 e. The Morgan fingerprint density at radius 3 is 2.59 bits per heavy atom. The van der Waals surface area contributed by atoms with Gasteiger partial charge in [0.15, 0.2) is 0 Å². The van der Waals surface area contributed by atoms with E-state index in [1.165, 1.54) is 0 Å². The molecule has 2 aromatic carbocycles. The SMILES string of the molecule is Cl.O=C(NCCC(=O)N1CCC(N2CCNCC2)C1)c1ccc2ccccc2c1. The van der Waals surface area contributed by atoms with Gasteiger partial charge in [0.1, 0.15) is 0 Å². The second-order valence-electron chi connectivity index (χ2n) is 7.64. The van der Waals surface area contributed by atoms with E-state index in [1.54, 1.807) is 0 Å². The summed E-state index contributed by atoms with van der Waals surface area (Å²) in [5, 5.41) is 8.42. The number of carbonyl (C=O) groups is 2. The largest absolute Gasteiger partial charge is 0.352 e. The number of carbonyl (C=O) groups excluding carboxylic acids is 2. The maximum Gasteiger partial charge on any atom is 0.251 e. The highest BCUT2D eigenvalue weighted by Gasteiger charge is 2.30. The summed E-state index contributed by atoms with van der Waals surface area (Å²) in [6, 6.07) is 14.1. The molecule has 1 atom stereocenters. The molecule has 156 valence electrons. The van der Waals surface area contributed by atoms with E-state index in [9.17, 15) is 9.59 Å². The van der Waals surface area contributed by atoms with Crippen LogP contribution in [0, 0.1) is 0 Å². The lowest BCUT2D eigenvalue weighted by Crippen LogP contribution is -2.49. The standard InChI is InChI=1S/C22H28N4O2.ClH/c27-21(26-12-8-20(16-26)25-13-10-23-11-14-25)7-9-24-22(28)19-6-5-17-3-1-2-4-18(17)15-19;/h1-6,15,20,23H,7-14,16H2,(H,24,28);1H. The predicted octanol–water partition coefficient (Wildman–Crippen LogP) is 1.89. The average molecular weight is 417 g/mol. The van der Waals surface area contributed by atoms with Gasteiger partial charge in [-0.25, -0.2) is 0 Å². The summed E-state index contributed by atoms with van der Waals surface area (Å²) in [5.74, 6) is 0.00936. The molecule has 2 heterocycles. The highest BCUT2D eigenvalue weighted by molar-refractivity contribution is 5.98. The second kappa shape index (κ2) is 10.1. The number of halogens is 1. The Kier molecular flexibility index (Phi) is 7.47. The van der Waals surface area contributed by atoms with Gasteiger partial charge in [-0.1, -0.05) is 30.3 Å². The van der Waals surface area contributed by atoms with Crippen molar-refractivity contribution in [3.8, 4) is 0 Å². The fraction of sp³-hybridized carbons (Fsp3) is 0.455. The molecule has 0 aliphatic carbocycles. The fourth-order valence-electron chi connectivity index (χ4n) is 4.19. The van der Waals surface area contributed by atoms with Crippen LogP contribution < -0.4 is 10.6 Å². The molecule has 2 aliphatic heterocycles. The molecule has 2 aliphatic rings. The molecule has 2 N–H and O–H groups in total. The first kappa shape index (κ1) is 21.6. The van der Waals surface area contributed by atoms with E-state index in [4.69, 9.17) is 0 Å². The van der Waals surface area contributed by atoms with E-state index < -0.39 is 0 Å². The van der Waals surface area contributed by atoms with Crippen molar-refractivity contribution < 1.29 is 9.59 Å². The second-order valence-corrected chi connectivity index (χ2v) is 7.64. The first-order valence-electron chi connectivity index (χ1n) is 10.2. The van der Waals surface area contributed by atoms with Crippen molar-refractivity contribution in [2.75, 3.05) is 45.8 Å². The van der Waals surface area contributed by atoms with Crippen LogP contribution in [0.15, 0.2) is 42.5 Å². The quantitative estimate of drug-likeness (QED) is 0.781. The molecule has 7 heteroatoms. The van der Waals surface area contributed by atoms with E-state index in [0.29, 0.717) is 24.6 Å². The number of benzene rings is 2. The van der Waals surface area contributed by atoms with Gasteiger partial charge in [0, 0.05) is 63.8 Å². The normalized spacial score (nSPS) is 19.7. The number of amides is 2. The van der Waals surface area contributed by atoms with Crippen LogP contribution in [0.25, 0.3) is 10.8 Å². The monoisotopic (exact) mass is 416 g/mol. The Labute approximate surface area is 178 Å². The molecule has 29 heavy (non-hydrogen) atoms. The van der Waals surface area contributed by atoms with Gasteiger partial charge in [0.2, 0.25) is 5.91 Å². The molecule has 0 aromatic heterocycles. The van der Waals surface area contributed by atoms with Crippen LogP contribution in [0.5, 0.6) is 0 Å². The molecule has 4 rings (SSSR count). The number of hydrogen-bond donors (Lipinski definition) is 2. The Bertz CT molecular complexity index is 854. The molecule has 2 amide bonds. The first-order chi connectivity index (χ1) is 13.7. The van der Waals surface area contributed by atoms with E-state index >= 15 is 0 Å². The van der Waals surface area contributed by atoms with Crippen molar-refractivity contribution in [2.45, 2.75) is 18.9 Å². The zero-order valence-corrected chi connectivity index (χ0v) is 17.4. The average Bonchev–Trinajstić information content (AvgIpc) is 3.24. The van der Waals surface area contributed by atoms with Crippen LogP contribution in [0.3, 0.4) is 0 Å². The van der Waals surface area contributed by atoms with Crippen molar-refractivity contribution in [1.82, 2.24) is 20.4 Å². The molecule has 0 radical (unpaired) electrons. The van der Waals surface area contributed by atoms with Crippen molar-refractivity contribution in [1.29, 1.82) is 0 Å². The number of likely N-dealkylation sites (tertiary alicyclic amines) is 1. The van der Waals surface area contributed by atoms with E-state index in [-0.39, 0.29) is 24.2 Å². The van der Waals surface area contributed by atoms with Gasteiger partial charge in [-0.05, 0) is 29.3 Å². The van der Waals surface area contributed by atoms with Gasteiger partial charge >= 0.3 is 0 Å². The Morgan fingerprint density at radius 1 is 1.03 bits per heavy atom.